The molecule has 0 aliphatic carbocycles. The maximum Gasteiger partial charge on any atom is 0.416 e. The lowest BCUT2D eigenvalue weighted by molar-refractivity contribution is -0.137. The van der Waals surface area contributed by atoms with E-state index >= 15 is 0 Å². The highest BCUT2D eigenvalue weighted by Crippen LogP contribution is 2.39. The number of nitrogens with zero attached hydrogens (tertiary/aromatic N) is 2. The fraction of sp³-hybridized carbons (Fsp3) is 0.222. The van der Waals surface area contributed by atoms with Gasteiger partial charge >= 0.3 is 6.18 Å². The summed E-state index contributed by atoms with van der Waals surface area (Å²) in [5.41, 5.74) is 11.1. The number of ether oxygens (including phenoxy) is 3. The van der Waals surface area contributed by atoms with Crippen molar-refractivity contribution in [1.29, 1.82) is 0 Å². The number of fused-ring (bicyclic) bond motifs is 1. The van der Waals surface area contributed by atoms with E-state index in [1.165, 1.54) is 18.2 Å². The van der Waals surface area contributed by atoms with Crippen molar-refractivity contribution in [2.45, 2.75) is 12.3 Å². The molecule has 2 aromatic carbocycles. The zero-order valence-corrected chi connectivity index (χ0v) is 16.3. The Bertz CT molecular complexity index is 1090. The van der Waals surface area contributed by atoms with Gasteiger partial charge in [-0.05, 0) is 18.2 Å². The molecular formula is C18H14BrF3N4O3. The van der Waals surface area contributed by atoms with Crippen molar-refractivity contribution in [3.63, 3.8) is 0 Å². The molecule has 1 aromatic heterocycles. The number of nitrogens with two attached hydrogens (primary N) is 2. The molecule has 3 aromatic rings. The van der Waals surface area contributed by atoms with Crippen molar-refractivity contribution < 1.29 is 27.4 Å². The maximum absolute atomic E-state index is 13.1. The van der Waals surface area contributed by atoms with Crippen molar-refractivity contribution in [3.8, 4) is 17.2 Å². The SMILES string of the molecule is Nc1nc(N)c2c(OC3COC3)cc(Oc3cc(Br)cc(C(F)(F)F)c3)cc2n1. The van der Waals surface area contributed by atoms with Gasteiger partial charge in [0.15, 0.2) is 0 Å². The molecule has 0 atom stereocenters. The molecule has 7 nitrogen and oxygen atoms in total. The first kappa shape index (κ1) is 19.5. The number of rotatable bonds is 4. The Morgan fingerprint density at radius 1 is 1.03 bits per heavy atom. The Kier molecular flexibility index (Phi) is 4.87. The van der Waals surface area contributed by atoms with Crippen LogP contribution >= 0.6 is 15.9 Å². The third kappa shape index (κ3) is 4.15. The molecule has 4 rings (SSSR count). The van der Waals surface area contributed by atoms with Gasteiger partial charge in [-0.2, -0.15) is 18.2 Å². The second kappa shape index (κ2) is 7.23. The highest BCUT2D eigenvalue weighted by Gasteiger charge is 2.31. The highest BCUT2D eigenvalue weighted by atomic mass is 79.9. The largest absolute Gasteiger partial charge is 0.485 e. The number of alkyl halides is 3. The van der Waals surface area contributed by atoms with E-state index in [4.69, 9.17) is 25.7 Å². The Hall–Kier alpha value is -2.79. The fourth-order valence-electron chi connectivity index (χ4n) is 2.78. The van der Waals surface area contributed by atoms with Crippen LogP contribution in [-0.2, 0) is 10.9 Å². The van der Waals surface area contributed by atoms with Crippen molar-refractivity contribution in [3.05, 3.63) is 40.4 Å². The first-order valence-corrected chi connectivity index (χ1v) is 9.15. The van der Waals surface area contributed by atoms with Gasteiger partial charge in [-0.3, -0.25) is 0 Å². The molecule has 0 saturated carbocycles. The van der Waals surface area contributed by atoms with Crippen molar-refractivity contribution in [1.82, 2.24) is 9.97 Å². The Labute approximate surface area is 170 Å². The van der Waals surface area contributed by atoms with E-state index in [1.54, 1.807) is 0 Å². The fourth-order valence-corrected chi connectivity index (χ4v) is 3.26. The third-order valence-corrected chi connectivity index (χ3v) is 4.57. The molecule has 0 spiro atoms. The molecule has 1 aliphatic heterocycles. The predicted octanol–water partition coefficient (Wildman–Crippen LogP) is 4.15. The molecule has 1 aliphatic rings. The first-order valence-electron chi connectivity index (χ1n) is 8.36. The first-order chi connectivity index (χ1) is 13.7. The summed E-state index contributed by atoms with van der Waals surface area (Å²) in [5, 5.41) is 0.434. The minimum Gasteiger partial charge on any atom is -0.485 e. The van der Waals surface area contributed by atoms with Crippen LogP contribution in [0.4, 0.5) is 24.9 Å². The van der Waals surface area contributed by atoms with Crippen LogP contribution in [0, 0.1) is 0 Å². The summed E-state index contributed by atoms with van der Waals surface area (Å²) in [7, 11) is 0. The zero-order valence-electron chi connectivity index (χ0n) is 14.7. The van der Waals surface area contributed by atoms with Gasteiger partial charge in [-0.25, -0.2) is 4.98 Å². The molecule has 0 radical (unpaired) electrons. The molecule has 11 heteroatoms. The molecule has 1 fully saturated rings. The van der Waals surface area contributed by atoms with Crippen LogP contribution in [0.2, 0.25) is 0 Å². The summed E-state index contributed by atoms with van der Waals surface area (Å²) in [6.07, 6.45) is -4.70. The lowest BCUT2D eigenvalue weighted by Crippen LogP contribution is -2.38. The second-order valence-electron chi connectivity index (χ2n) is 6.34. The van der Waals surface area contributed by atoms with E-state index in [0.717, 1.165) is 12.1 Å². The van der Waals surface area contributed by atoms with Gasteiger partial charge in [0.05, 0.1) is 29.7 Å². The molecule has 29 heavy (non-hydrogen) atoms. The summed E-state index contributed by atoms with van der Waals surface area (Å²) >= 11 is 3.07. The van der Waals surface area contributed by atoms with Crippen LogP contribution in [0.1, 0.15) is 5.56 Å². The van der Waals surface area contributed by atoms with Crippen LogP contribution in [0.25, 0.3) is 10.9 Å². The summed E-state index contributed by atoms with van der Waals surface area (Å²) in [6.45, 7) is 0.811. The number of nitrogen functional groups attached to an aromatic ring is 2. The summed E-state index contributed by atoms with van der Waals surface area (Å²) < 4.78 is 56.1. The molecule has 4 N–H and O–H groups in total. The number of halogens is 4. The standard InChI is InChI=1S/C18H14BrF3N4O3/c19-9-1-8(18(20,21)22)2-10(3-9)28-11-4-13-15(16(23)26-17(24)25-13)14(5-11)29-12-6-27-7-12/h1-5,12H,6-7H2,(H4,23,24,25,26). The van der Waals surface area contributed by atoms with E-state index < -0.39 is 11.7 Å². The molecular weight excluding hydrogens is 457 g/mol. The van der Waals surface area contributed by atoms with E-state index in [9.17, 15) is 13.2 Å². The summed E-state index contributed by atoms with van der Waals surface area (Å²) in [5.74, 6) is 0.591. The molecule has 0 unspecified atom stereocenters. The van der Waals surface area contributed by atoms with E-state index in [0.29, 0.717) is 29.9 Å². The van der Waals surface area contributed by atoms with Crippen LogP contribution in [0.15, 0.2) is 34.8 Å². The van der Waals surface area contributed by atoms with Gasteiger partial charge in [0, 0.05) is 16.6 Å². The number of hydrogen-bond donors (Lipinski definition) is 2. The Balaban J connectivity index is 1.77. The molecule has 2 heterocycles. The average Bonchev–Trinajstić information content (AvgIpc) is 2.56. The summed E-state index contributed by atoms with van der Waals surface area (Å²) in [6, 6.07) is 6.31. The third-order valence-electron chi connectivity index (χ3n) is 4.12. The van der Waals surface area contributed by atoms with Gasteiger partial charge in [0.1, 0.15) is 29.2 Å². The zero-order chi connectivity index (χ0) is 20.8. The van der Waals surface area contributed by atoms with Crippen molar-refractivity contribution >= 4 is 38.6 Å². The molecule has 0 bridgehead atoms. The second-order valence-corrected chi connectivity index (χ2v) is 7.25. The Morgan fingerprint density at radius 2 is 1.76 bits per heavy atom. The van der Waals surface area contributed by atoms with Crippen molar-refractivity contribution in [2.75, 3.05) is 24.7 Å². The molecule has 1 saturated heterocycles. The number of hydrogen-bond acceptors (Lipinski definition) is 7. The lowest BCUT2D eigenvalue weighted by Gasteiger charge is -2.27. The van der Waals surface area contributed by atoms with E-state index in [2.05, 4.69) is 25.9 Å². The average molecular weight is 471 g/mol. The lowest BCUT2D eigenvalue weighted by atomic mass is 10.2. The number of aromatic nitrogens is 2. The van der Waals surface area contributed by atoms with Gasteiger partial charge in [0.2, 0.25) is 5.95 Å². The quantitative estimate of drug-likeness (QED) is 0.589. The van der Waals surface area contributed by atoms with E-state index in [-0.39, 0.29) is 33.8 Å². The minimum atomic E-state index is -4.51. The minimum absolute atomic E-state index is 0.0148. The van der Waals surface area contributed by atoms with Gasteiger partial charge < -0.3 is 25.7 Å². The Morgan fingerprint density at radius 3 is 2.41 bits per heavy atom. The smallest absolute Gasteiger partial charge is 0.416 e. The van der Waals surface area contributed by atoms with Crippen LogP contribution < -0.4 is 20.9 Å². The van der Waals surface area contributed by atoms with Crippen LogP contribution in [0.3, 0.4) is 0 Å². The van der Waals surface area contributed by atoms with Gasteiger partial charge in [-0.15, -0.1) is 0 Å². The predicted molar refractivity (Wildman–Crippen MR) is 103 cm³/mol. The van der Waals surface area contributed by atoms with Crippen molar-refractivity contribution in [2.24, 2.45) is 0 Å². The number of anilines is 2. The monoisotopic (exact) mass is 470 g/mol. The maximum atomic E-state index is 13.1. The molecule has 152 valence electrons. The number of benzene rings is 2. The van der Waals surface area contributed by atoms with E-state index in [1.807, 2.05) is 0 Å². The van der Waals surface area contributed by atoms with Crippen LogP contribution in [-0.4, -0.2) is 29.3 Å². The topological polar surface area (TPSA) is 106 Å². The molecule has 0 amide bonds. The highest BCUT2D eigenvalue weighted by molar-refractivity contribution is 9.10. The van der Waals surface area contributed by atoms with Gasteiger partial charge in [0.25, 0.3) is 0 Å². The van der Waals surface area contributed by atoms with Gasteiger partial charge in [-0.1, -0.05) is 15.9 Å². The van der Waals surface area contributed by atoms with Crippen LogP contribution in [0.5, 0.6) is 17.2 Å². The summed E-state index contributed by atoms with van der Waals surface area (Å²) in [4.78, 5) is 8.07. The normalized spacial score (nSPS) is 14.6.